The van der Waals surface area contributed by atoms with Gasteiger partial charge in [0.1, 0.15) is 5.75 Å². The van der Waals surface area contributed by atoms with Crippen molar-refractivity contribution in [3.63, 3.8) is 0 Å². The van der Waals surface area contributed by atoms with E-state index < -0.39 is 0 Å². The Morgan fingerprint density at radius 2 is 2.00 bits per heavy atom. The van der Waals surface area contributed by atoms with Crippen LogP contribution in [0.4, 0.5) is 5.69 Å². The van der Waals surface area contributed by atoms with E-state index in [1.165, 1.54) is 11.3 Å². The molecule has 3 nitrogen and oxygen atoms in total. The fraction of sp³-hybridized carbons (Fsp3) is 0.538. The second-order valence-electron chi connectivity index (χ2n) is 3.81. The molecule has 0 aliphatic rings. The van der Waals surface area contributed by atoms with E-state index >= 15 is 0 Å². The van der Waals surface area contributed by atoms with E-state index in [0.717, 1.165) is 31.7 Å². The lowest BCUT2D eigenvalue weighted by Crippen LogP contribution is -2.04. The van der Waals surface area contributed by atoms with Crippen LogP contribution in [-0.4, -0.2) is 27.4 Å². The minimum absolute atomic E-state index is 0.837. The summed E-state index contributed by atoms with van der Waals surface area (Å²) in [6.45, 7) is 3.90. The highest BCUT2D eigenvalue weighted by atomic mass is 16.5. The van der Waals surface area contributed by atoms with Crippen molar-refractivity contribution in [3.05, 3.63) is 23.8 Å². The Kier molecular flexibility index (Phi) is 5.72. The number of rotatable bonds is 7. The molecule has 0 radical (unpaired) electrons. The second-order valence-corrected chi connectivity index (χ2v) is 3.81. The molecule has 0 unspecified atom stereocenters. The van der Waals surface area contributed by atoms with Crippen LogP contribution in [0.2, 0.25) is 0 Å². The molecule has 0 fully saturated rings. The van der Waals surface area contributed by atoms with Gasteiger partial charge in [-0.15, -0.1) is 0 Å². The third kappa shape index (κ3) is 4.11. The van der Waals surface area contributed by atoms with Crippen molar-refractivity contribution in [1.29, 1.82) is 0 Å². The summed E-state index contributed by atoms with van der Waals surface area (Å²) in [7, 11) is 3.42. The lowest BCUT2D eigenvalue weighted by Gasteiger charge is -2.10. The van der Waals surface area contributed by atoms with Gasteiger partial charge in [0.05, 0.1) is 7.11 Å². The highest BCUT2D eigenvalue weighted by Crippen LogP contribution is 2.20. The molecule has 0 saturated heterocycles. The topological polar surface area (TPSA) is 30.5 Å². The molecule has 0 amide bonds. The van der Waals surface area contributed by atoms with E-state index in [9.17, 15) is 0 Å². The fourth-order valence-corrected chi connectivity index (χ4v) is 1.56. The minimum Gasteiger partial charge on any atom is -0.497 e. The SMILES string of the molecule is COCCCCNc1ccc(OC)cc1C. The standard InChI is InChI=1S/C13H21NO2/c1-11-10-12(16-3)6-7-13(11)14-8-4-5-9-15-2/h6-7,10,14H,4-5,8-9H2,1-3H3. The van der Waals surface area contributed by atoms with E-state index in [2.05, 4.69) is 18.3 Å². The van der Waals surface area contributed by atoms with Crippen LogP contribution in [0.1, 0.15) is 18.4 Å². The van der Waals surface area contributed by atoms with E-state index in [0.29, 0.717) is 0 Å². The van der Waals surface area contributed by atoms with Crippen molar-refractivity contribution in [3.8, 4) is 5.75 Å². The molecule has 1 aromatic carbocycles. The Balaban J connectivity index is 2.36. The van der Waals surface area contributed by atoms with Gasteiger partial charge in [0.25, 0.3) is 0 Å². The first kappa shape index (κ1) is 12.8. The summed E-state index contributed by atoms with van der Waals surface area (Å²) in [5, 5.41) is 3.41. The molecule has 0 spiro atoms. The average Bonchev–Trinajstić information content (AvgIpc) is 2.30. The molecule has 0 bridgehead atoms. The molecule has 0 aliphatic carbocycles. The summed E-state index contributed by atoms with van der Waals surface area (Å²) in [6, 6.07) is 6.08. The summed E-state index contributed by atoms with van der Waals surface area (Å²) in [6.07, 6.45) is 2.22. The smallest absolute Gasteiger partial charge is 0.119 e. The van der Waals surface area contributed by atoms with Crippen molar-refractivity contribution in [2.24, 2.45) is 0 Å². The van der Waals surface area contributed by atoms with Gasteiger partial charge in [0.2, 0.25) is 0 Å². The van der Waals surface area contributed by atoms with Crippen LogP contribution in [0.15, 0.2) is 18.2 Å². The maximum atomic E-state index is 5.16. The summed E-state index contributed by atoms with van der Waals surface area (Å²) < 4.78 is 10.2. The van der Waals surface area contributed by atoms with Crippen LogP contribution in [0.25, 0.3) is 0 Å². The molecule has 0 aliphatic heterocycles. The number of hydrogen-bond donors (Lipinski definition) is 1. The van der Waals surface area contributed by atoms with Gasteiger partial charge in [-0.1, -0.05) is 0 Å². The van der Waals surface area contributed by atoms with Gasteiger partial charge in [0, 0.05) is 25.9 Å². The first-order valence-electron chi connectivity index (χ1n) is 5.65. The highest BCUT2D eigenvalue weighted by Gasteiger charge is 1.99. The quantitative estimate of drug-likeness (QED) is 0.721. The Labute approximate surface area is 97.8 Å². The van der Waals surface area contributed by atoms with Crippen LogP contribution in [0.5, 0.6) is 5.75 Å². The molecular weight excluding hydrogens is 202 g/mol. The van der Waals surface area contributed by atoms with Crippen LogP contribution in [0.3, 0.4) is 0 Å². The van der Waals surface area contributed by atoms with Crippen molar-refractivity contribution in [2.75, 3.05) is 32.7 Å². The number of aryl methyl sites for hydroxylation is 1. The Bertz CT molecular complexity index is 313. The van der Waals surface area contributed by atoms with E-state index in [-0.39, 0.29) is 0 Å². The third-order valence-electron chi connectivity index (χ3n) is 2.52. The predicted molar refractivity (Wildman–Crippen MR) is 67.3 cm³/mol. The first-order valence-corrected chi connectivity index (χ1v) is 5.65. The van der Waals surface area contributed by atoms with E-state index in [1.807, 2.05) is 12.1 Å². The molecule has 3 heteroatoms. The maximum Gasteiger partial charge on any atom is 0.119 e. The number of ether oxygens (including phenoxy) is 2. The molecular formula is C13H21NO2. The van der Waals surface area contributed by atoms with Crippen molar-refractivity contribution in [2.45, 2.75) is 19.8 Å². The number of unbranched alkanes of at least 4 members (excludes halogenated alkanes) is 1. The van der Waals surface area contributed by atoms with Gasteiger partial charge in [-0.25, -0.2) is 0 Å². The molecule has 0 aromatic heterocycles. The second kappa shape index (κ2) is 7.12. The lowest BCUT2D eigenvalue weighted by molar-refractivity contribution is 0.194. The summed E-state index contributed by atoms with van der Waals surface area (Å²) in [4.78, 5) is 0. The number of nitrogens with one attached hydrogen (secondary N) is 1. The monoisotopic (exact) mass is 223 g/mol. The molecule has 1 N–H and O–H groups in total. The van der Waals surface area contributed by atoms with Gasteiger partial charge >= 0.3 is 0 Å². The highest BCUT2D eigenvalue weighted by molar-refractivity contribution is 5.53. The largest absolute Gasteiger partial charge is 0.497 e. The van der Waals surface area contributed by atoms with Crippen molar-refractivity contribution < 1.29 is 9.47 Å². The number of hydrogen-bond acceptors (Lipinski definition) is 3. The van der Waals surface area contributed by atoms with Crippen LogP contribution in [0, 0.1) is 6.92 Å². The van der Waals surface area contributed by atoms with Crippen LogP contribution in [-0.2, 0) is 4.74 Å². The van der Waals surface area contributed by atoms with Crippen molar-refractivity contribution >= 4 is 5.69 Å². The summed E-state index contributed by atoms with van der Waals surface area (Å²) in [5.74, 6) is 0.905. The van der Waals surface area contributed by atoms with Crippen molar-refractivity contribution in [1.82, 2.24) is 0 Å². The molecule has 0 heterocycles. The Morgan fingerprint density at radius 3 is 2.62 bits per heavy atom. The Morgan fingerprint density at radius 1 is 1.19 bits per heavy atom. The zero-order chi connectivity index (χ0) is 11.8. The molecule has 1 rings (SSSR count). The van der Waals surface area contributed by atoms with Gasteiger partial charge in [-0.3, -0.25) is 0 Å². The third-order valence-corrected chi connectivity index (χ3v) is 2.52. The van der Waals surface area contributed by atoms with Crippen LogP contribution < -0.4 is 10.1 Å². The van der Waals surface area contributed by atoms with E-state index in [1.54, 1.807) is 14.2 Å². The first-order chi connectivity index (χ1) is 7.77. The zero-order valence-electron chi connectivity index (χ0n) is 10.4. The molecule has 16 heavy (non-hydrogen) atoms. The average molecular weight is 223 g/mol. The van der Waals surface area contributed by atoms with Gasteiger partial charge in [-0.05, 0) is 43.5 Å². The van der Waals surface area contributed by atoms with Crippen LogP contribution >= 0.6 is 0 Å². The molecule has 1 aromatic rings. The zero-order valence-corrected chi connectivity index (χ0v) is 10.4. The molecule has 90 valence electrons. The minimum atomic E-state index is 0.837. The number of methoxy groups -OCH3 is 2. The van der Waals surface area contributed by atoms with Gasteiger partial charge in [0.15, 0.2) is 0 Å². The lowest BCUT2D eigenvalue weighted by atomic mass is 10.2. The maximum absolute atomic E-state index is 5.16. The number of benzene rings is 1. The van der Waals surface area contributed by atoms with Gasteiger partial charge < -0.3 is 14.8 Å². The Hall–Kier alpha value is -1.22. The molecule has 0 saturated carbocycles. The molecule has 0 atom stereocenters. The van der Waals surface area contributed by atoms with E-state index in [4.69, 9.17) is 9.47 Å². The predicted octanol–water partition coefficient (Wildman–Crippen LogP) is 2.84. The summed E-state index contributed by atoms with van der Waals surface area (Å²) in [5.41, 5.74) is 2.39. The fourth-order valence-electron chi connectivity index (χ4n) is 1.56. The normalized spacial score (nSPS) is 10.2. The number of anilines is 1. The van der Waals surface area contributed by atoms with Gasteiger partial charge in [-0.2, -0.15) is 0 Å². The summed E-state index contributed by atoms with van der Waals surface area (Å²) >= 11 is 0.